The Bertz CT molecular complexity index is 531. The van der Waals surface area contributed by atoms with E-state index < -0.39 is 0 Å². The van der Waals surface area contributed by atoms with Crippen LogP contribution in [0.15, 0.2) is 30.3 Å². The Hall–Kier alpha value is -1.97. The van der Waals surface area contributed by atoms with Crippen LogP contribution in [-0.2, 0) is 13.5 Å². The number of anilines is 1. The lowest BCUT2D eigenvalue weighted by Crippen LogP contribution is -2.19. The van der Waals surface area contributed by atoms with E-state index in [0.29, 0.717) is 6.04 Å². The molecule has 0 spiro atoms. The summed E-state index contributed by atoms with van der Waals surface area (Å²) in [5.41, 5.74) is 2.32. The first kappa shape index (κ1) is 13.5. The molecule has 4 heteroatoms. The van der Waals surface area contributed by atoms with Crippen LogP contribution in [0.5, 0.6) is 5.75 Å². The summed E-state index contributed by atoms with van der Waals surface area (Å²) >= 11 is 0. The number of hydrogen-bond acceptors (Lipinski definition) is 3. The zero-order valence-electron chi connectivity index (χ0n) is 12.0. The fourth-order valence-corrected chi connectivity index (χ4v) is 2.16. The Kier molecular flexibility index (Phi) is 4.10. The summed E-state index contributed by atoms with van der Waals surface area (Å²) in [4.78, 5) is 0. The first-order chi connectivity index (χ1) is 9.08. The first-order valence-electron chi connectivity index (χ1n) is 6.48. The third kappa shape index (κ3) is 3.50. The second kappa shape index (κ2) is 5.78. The first-order valence-corrected chi connectivity index (χ1v) is 6.48. The summed E-state index contributed by atoms with van der Waals surface area (Å²) in [6.45, 7) is 4.17. The molecule has 1 N–H and O–H groups in total. The maximum Gasteiger partial charge on any atom is 0.124 e. The van der Waals surface area contributed by atoms with Crippen molar-refractivity contribution in [3.05, 3.63) is 41.6 Å². The highest BCUT2D eigenvalue weighted by Crippen LogP contribution is 2.15. The van der Waals surface area contributed by atoms with Gasteiger partial charge in [-0.1, -0.05) is 12.1 Å². The van der Waals surface area contributed by atoms with Gasteiger partial charge in [0.15, 0.2) is 0 Å². The average molecular weight is 259 g/mol. The molecule has 2 rings (SSSR count). The molecule has 0 saturated heterocycles. The molecule has 1 aromatic carbocycles. The van der Waals surface area contributed by atoms with Crippen molar-refractivity contribution in [2.24, 2.45) is 7.05 Å². The van der Waals surface area contributed by atoms with Crippen molar-refractivity contribution in [1.82, 2.24) is 9.78 Å². The van der Waals surface area contributed by atoms with Crippen LogP contribution < -0.4 is 10.1 Å². The van der Waals surface area contributed by atoms with Gasteiger partial charge in [-0.15, -0.1) is 0 Å². The zero-order valence-corrected chi connectivity index (χ0v) is 12.0. The lowest BCUT2D eigenvalue weighted by Gasteiger charge is -2.15. The van der Waals surface area contributed by atoms with Crippen LogP contribution in [0.2, 0.25) is 0 Å². The zero-order chi connectivity index (χ0) is 13.8. The van der Waals surface area contributed by atoms with Gasteiger partial charge in [0.25, 0.3) is 0 Å². The molecular weight excluding hydrogens is 238 g/mol. The summed E-state index contributed by atoms with van der Waals surface area (Å²) in [7, 11) is 3.64. The summed E-state index contributed by atoms with van der Waals surface area (Å²) in [5.74, 6) is 1.95. The van der Waals surface area contributed by atoms with Crippen LogP contribution in [0.25, 0.3) is 0 Å². The quantitative estimate of drug-likeness (QED) is 0.897. The fourth-order valence-electron chi connectivity index (χ4n) is 2.16. The van der Waals surface area contributed by atoms with Crippen LogP contribution in [0.3, 0.4) is 0 Å². The van der Waals surface area contributed by atoms with Gasteiger partial charge < -0.3 is 10.1 Å². The van der Waals surface area contributed by atoms with E-state index in [-0.39, 0.29) is 0 Å². The molecule has 2 aromatic rings. The minimum absolute atomic E-state index is 0.350. The second-order valence-electron chi connectivity index (χ2n) is 4.89. The van der Waals surface area contributed by atoms with Crippen molar-refractivity contribution >= 4 is 5.82 Å². The third-order valence-electron chi connectivity index (χ3n) is 3.10. The van der Waals surface area contributed by atoms with Crippen molar-refractivity contribution < 1.29 is 4.74 Å². The number of rotatable bonds is 5. The Balaban J connectivity index is 1.96. The molecular formula is C15H21N3O. The van der Waals surface area contributed by atoms with E-state index in [1.165, 1.54) is 5.56 Å². The maximum atomic E-state index is 5.16. The molecule has 0 amide bonds. The average Bonchev–Trinajstić information content (AvgIpc) is 2.68. The minimum Gasteiger partial charge on any atom is -0.497 e. The van der Waals surface area contributed by atoms with Crippen LogP contribution in [0, 0.1) is 6.92 Å². The Labute approximate surface area is 114 Å². The summed E-state index contributed by atoms with van der Waals surface area (Å²) in [6, 6.07) is 10.6. The second-order valence-corrected chi connectivity index (χ2v) is 4.89. The van der Waals surface area contributed by atoms with Gasteiger partial charge in [0.1, 0.15) is 11.6 Å². The van der Waals surface area contributed by atoms with Crippen molar-refractivity contribution in [2.75, 3.05) is 12.4 Å². The normalized spacial score (nSPS) is 12.2. The Morgan fingerprint density at radius 1 is 1.32 bits per heavy atom. The van der Waals surface area contributed by atoms with Gasteiger partial charge in [0, 0.05) is 19.2 Å². The minimum atomic E-state index is 0.350. The molecule has 0 aliphatic rings. The van der Waals surface area contributed by atoms with Crippen molar-refractivity contribution in [1.29, 1.82) is 0 Å². The van der Waals surface area contributed by atoms with Gasteiger partial charge in [-0.3, -0.25) is 4.68 Å². The van der Waals surface area contributed by atoms with E-state index in [4.69, 9.17) is 4.74 Å². The van der Waals surface area contributed by atoms with Crippen molar-refractivity contribution in [3.63, 3.8) is 0 Å². The summed E-state index contributed by atoms with van der Waals surface area (Å²) < 4.78 is 7.04. The van der Waals surface area contributed by atoms with Crippen LogP contribution >= 0.6 is 0 Å². The van der Waals surface area contributed by atoms with E-state index >= 15 is 0 Å². The molecule has 0 aliphatic heterocycles. The number of benzene rings is 1. The molecule has 1 aromatic heterocycles. The fraction of sp³-hybridized carbons (Fsp3) is 0.400. The highest BCUT2D eigenvalue weighted by molar-refractivity contribution is 5.38. The van der Waals surface area contributed by atoms with Gasteiger partial charge in [0.05, 0.1) is 12.8 Å². The van der Waals surface area contributed by atoms with Gasteiger partial charge in [0.2, 0.25) is 0 Å². The van der Waals surface area contributed by atoms with E-state index in [0.717, 1.165) is 23.7 Å². The molecule has 102 valence electrons. The lowest BCUT2D eigenvalue weighted by molar-refractivity contribution is 0.414. The topological polar surface area (TPSA) is 39.1 Å². The molecule has 0 bridgehead atoms. The monoisotopic (exact) mass is 259 g/mol. The molecule has 4 nitrogen and oxygen atoms in total. The van der Waals surface area contributed by atoms with Gasteiger partial charge in [-0.25, -0.2) is 0 Å². The molecule has 0 aliphatic carbocycles. The highest BCUT2D eigenvalue weighted by Gasteiger charge is 2.07. The smallest absolute Gasteiger partial charge is 0.124 e. The standard InChI is InChI=1S/C15H21N3O/c1-11(16-15-10-12(2)17-18(15)3)9-13-5-7-14(19-4)8-6-13/h5-8,10-11,16H,9H2,1-4H3/t11-/m0/s1. The summed E-state index contributed by atoms with van der Waals surface area (Å²) in [5, 5.41) is 7.81. The Morgan fingerprint density at radius 3 is 2.53 bits per heavy atom. The lowest BCUT2D eigenvalue weighted by atomic mass is 10.1. The molecule has 0 radical (unpaired) electrons. The molecule has 0 unspecified atom stereocenters. The predicted octanol–water partition coefficient (Wildman–Crippen LogP) is 2.78. The number of ether oxygens (including phenoxy) is 1. The number of hydrogen-bond donors (Lipinski definition) is 1. The largest absolute Gasteiger partial charge is 0.497 e. The van der Waals surface area contributed by atoms with Crippen LogP contribution in [0.1, 0.15) is 18.2 Å². The Morgan fingerprint density at radius 2 is 2.00 bits per heavy atom. The summed E-state index contributed by atoms with van der Waals surface area (Å²) in [6.07, 6.45) is 0.966. The molecule has 1 heterocycles. The molecule has 0 saturated carbocycles. The number of aromatic nitrogens is 2. The van der Waals surface area contributed by atoms with Crippen molar-refractivity contribution in [2.45, 2.75) is 26.3 Å². The maximum absolute atomic E-state index is 5.16. The van der Waals surface area contributed by atoms with E-state index in [9.17, 15) is 0 Å². The molecule has 0 fully saturated rings. The number of aryl methyl sites for hydroxylation is 2. The number of methoxy groups -OCH3 is 1. The van der Waals surface area contributed by atoms with E-state index in [1.807, 2.05) is 30.8 Å². The van der Waals surface area contributed by atoms with Gasteiger partial charge >= 0.3 is 0 Å². The molecule has 1 atom stereocenters. The number of nitrogens with zero attached hydrogens (tertiary/aromatic N) is 2. The SMILES string of the molecule is COc1ccc(C[C@H](C)Nc2cc(C)nn2C)cc1. The van der Waals surface area contributed by atoms with Crippen molar-refractivity contribution in [3.8, 4) is 5.75 Å². The van der Waals surface area contributed by atoms with E-state index in [1.54, 1.807) is 7.11 Å². The van der Waals surface area contributed by atoms with Gasteiger partial charge in [-0.2, -0.15) is 5.10 Å². The van der Waals surface area contributed by atoms with Crippen LogP contribution in [-0.4, -0.2) is 22.9 Å². The van der Waals surface area contributed by atoms with Crippen LogP contribution in [0.4, 0.5) is 5.82 Å². The third-order valence-corrected chi connectivity index (χ3v) is 3.10. The predicted molar refractivity (Wildman–Crippen MR) is 77.7 cm³/mol. The molecule has 19 heavy (non-hydrogen) atoms. The van der Waals surface area contributed by atoms with Gasteiger partial charge in [-0.05, 0) is 38.0 Å². The number of nitrogens with one attached hydrogen (secondary N) is 1. The van der Waals surface area contributed by atoms with E-state index in [2.05, 4.69) is 35.5 Å². The highest BCUT2D eigenvalue weighted by atomic mass is 16.5.